The van der Waals surface area contributed by atoms with Gasteiger partial charge in [-0.05, 0) is 31.7 Å². The zero-order valence-electron chi connectivity index (χ0n) is 11.1. The molecular weight excluding hydrogens is 212 g/mol. The third-order valence-corrected chi connectivity index (χ3v) is 4.18. The monoisotopic (exact) mass is 238 g/mol. The lowest BCUT2D eigenvalue weighted by Crippen LogP contribution is -2.47. The number of rotatable bonds is 5. The van der Waals surface area contributed by atoms with Crippen LogP contribution in [0.3, 0.4) is 0 Å². The number of fused-ring (bicyclic) bond motifs is 4. The zero-order valence-corrected chi connectivity index (χ0v) is 11.1. The molecule has 1 N–H and O–H groups in total. The maximum atomic E-state index is 12.2. The molecule has 3 fully saturated rings. The Morgan fingerprint density at radius 3 is 2.94 bits per heavy atom. The molecule has 0 saturated carbocycles. The fraction of sp³-hybridized carbons (Fsp3) is 0.929. The Labute approximate surface area is 105 Å². The Hall–Kier alpha value is -0.570. The highest BCUT2D eigenvalue weighted by Crippen LogP contribution is 2.25. The molecule has 2 unspecified atom stereocenters. The first kappa shape index (κ1) is 12.9. The number of unbranched alkanes of at least 4 members (excludes halogenated alkanes) is 3. The second kappa shape index (κ2) is 6.39. The number of amides is 1. The molecule has 3 aliphatic rings. The van der Waals surface area contributed by atoms with Gasteiger partial charge in [-0.25, -0.2) is 0 Å². The summed E-state index contributed by atoms with van der Waals surface area (Å²) >= 11 is 0. The highest BCUT2D eigenvalue weighted by atomic mass is 16.2. The van der Waals surface area contributed by atoms with Crippen LogP contribution in [0.15, 0.2) is 0 Å². The van der Waals surface area contributed by atoms with Crippen molar-refractivity contribution in [1.82, 2.24) is 10.2 Å². The molecule has 0 spiro atoms. The molecule has 0 aliphatic carbocycles. The predicted molar refractivity (Wildman–Crippen MR) is 69.9 cm³/mol. The molecule has 3 nitrogen and oxygen atoms in total. The van der Waals surface area contributed by atoms with Gasteiger partial charge in [0, 0.05) is 25.6 Å². The average Bonchev–Trinajstić information content (AvgIpc) is 2.69. The molecule has 3 heterocycles. The van der Waals surface area contributed by atoms with E-state index in [1.165, 1.54) is 32.1 Å². The van der Waals surface area contributed by atoms with Crippen molar-refractivity contribution in [2.24, 2.45) is 5.92 Å². The highest BCUT2D eigenvalue weighted by molar-refractivity contribution is 5.76. The molecule has 3 saturated heterocycles. The number of piperidine rings is 1. The number of carbonyl (C=O) groups is 1. The number of carbonyl (C=O) groups excluding carboxylic acids is 1. The minimum Gasteiger partial charge on any atom is -0.338 e. The molecule has 0 radical (unpaired) electrons. The maximum Gasteiger partial charge on any atom is 0.222 e. The molecule has 0 aromatic heterocycles. The van der Waals surface area contributed by atoms with Crippen LogP contribution in [-0.4, -0.2) is 36.5 Å². The average molecular weight is 238 g/mol. The summed E-state index contributed by atoms with van der Waals surface area (Å²) in [5.41, 5.74) is 0. The minimum absolute atomic E-state index is 0.402. The molecule has 3 rings (SSSR count). The number of nitrogens with zero attached hydrogens (tertiary/aromatic N) is 1. The summed E-state index contributed by atoms with van der Waals surface area (Å²) in [6, 6.07) is 0.479. The Balaban J connectivity index is 1.78. The first-order chi connectivity index (χ1) is 8.31. The Bertz CT molecular complexity index is 251. The van der Waals surface area contributed by atoms with Crippen LogP contribution >= 0.6 is 0 Å². The van der Waals surface area contributed by atoms with Gasteiger partial charge < -0.3 is 10.2 Å². The summed E-state index contributed by atoms with van der Waals surface area (Å²) in [6.45, 7) is 5.33. The van der Waals surface area contributed by atoms with Gasteiger partial charge in [-0.3, -0.25) is 4.79 Å². The lowest BCUT2D eigenvalue weighted by molar-refractivity contribution is -0.135. The fourth-order valence-electron chi connectivity index (χ4n) is 3.09. The van der Waals surface area contributed by atoms with E-state index in [0.717, 1.165) is 32.5 Å². The second-order valence-electron chi connectivity index (χ2n) is 5.61. The van der Waals surface area contributed by atoms with Crippen molar-refractivity contribution in [2.75, 3.05) is 19.6 Å². The van der Waals surface area contributed by atoms with Crippen LogP contribution in [0.1, 0.15) is 51.9 Å². The lowest BCUT2D eigenvalue weighted by Gasteiger charge is -2.36. The van der Waals surface area contributed by atoms with E-state index in [9.17, 15) is 4.79 Å². The van der Waals surface area contributed by atoms with Crippen molar-refractivity contribution in [3.8, 4) is 0 Å². The summed E-state index contributed by atoms with van der Waals surface area (Å²) in [5, 5.41) is 3.48. The van der Waals surface area contributed by atoms with E-state index < -0.39 is 0 Å². The highest BCUT2D eigenvalue weighted by Gasteiger charge is 2.33. The van der Waals surface area contributed by atoms with Crippen LogP contribution in [0.25, 0.3) is 0 Å². The van der Waals surface area contributed by atoms with E-state index >= 15 is 0 Å². The van der Waals surface area contributed by atoms with Crippen molar-refractivity contribution in [1.29, 1.82) is 0 Å². The molecule has 0 aromatic rings. The summed E-state index contributed by atoms with van der Waals surface area (Å²) in [6.07, 6.45) is 8.07. The van der Waals surface area contributed by atoms with Crippen molar-refractivity contribution in [3.05, 3.63) is 0 Å². The normalized spacial score (nSPS) is 28.2. The standard InChI is InChI=1S/C14H26N2O/c1-2-3-4-5-6-14(17)16-11-12-7-8-13(16)10-15-9-12/h12-13,15H,2-11H2,1H3. The van der Waals surface area contributed by atoms with Crippen molar-refractivity contribution in [2.45, 2.75) is 57.9 Å². The van der Waals surface area contributed by atoms with Gasteiger partial charge in [0.1, 0.15) is 0 Å². The van der Waals surface area contributed by atoms with Crippen LogP contribution in [0.5, 0.6) is 0 Å². The molecule has 98 valence electrons. The van der Waals surface area contributed by atoms with E-state index in [2.05, 4.69) is 17.1 Å². The van der Waals surface area contributed by atoms with Gasteiger partial charge in [0.2, 0.25) is 5.91 Å². The molecular formula is C14H26N2O. The zero-order chi connectivity index (χ0) is 12.1. The van der Waals surface area contributed by atoms with Crippen LogP contribution in [0.4, 0.5) is 0 Å². The quantitative estimate of drug-likeness (QED) is 0.745. The van der Waals surface area contributed by atoms with Crippen molar-refractivity contribution in [3.63, 3.8) is 0 Å². The van der Waals surface area contributed by atoms with E-state index in [1.807, 2.05) is 0 Å². The Kier molecular flexibility index (Phi) is 4.84. The largest absolute Gasteiger partial charge is 0.338 e. The number of hydrogen-bond acceptors (Lipinski definition) is 2. The van der Waals surface area contributed by atoms with Crippen LogP contribution in [0, 0.1) is 5.92 Å². The summed E-state index contributed by atoms with van der Waals surface area (Å²) < 4.78 is 0. The van der Waals surface area contributed by atoms with Gasteiger partial charge >= 0.3 is 0 Å². The number of nitrogens with one attached hydrogen (secondary N) is 1. The van der Waals surface area contributed by atoms with Gasteiger partial charge in [0.25, 0.3) is 0 Å². The number of hydrogen-bond donors (Lipinski definition) is 1. The maximum absolute atomic E-state index is 12.2. The molecule has 2 bridgehead atoms. The molecule has 1 amide bonds. The molecule has 3 aliphatic heterocycles. The van der Waals surface area contributed by atoms with Crippen LogP contribution in [-0.2, 0) is 4.79 Å². The van der Waals surface area contributed by atoms with Gasteiger partial charge in [-0.2, -0.15) is 0 Å². The topological polar surface area (TPSA) is 32.3 Å². The van der Waals surface area contributed by atoms with E-state index in [-0.39, 0.29) is 0 Å². The predicted octanol–water partition coefficient (Wildman–Crippen LogP) is 2.17. The first-order valence-corrected chi connectivity index (χ1v) is 7.31. The van der Waals surface area contributed by atoms with E-state index in [4.69, 9.17) is 0 Å². The lowest BCUT2D eigenvalue weighted by atomic mass is 9.94. The molecule has 3 heteroatoms. The second-order valence-corrected chi connectivity index (χ2v) is 5.61. The van der Waals surface area contributed by atoms with Crippen LogP contribution < -0.4 is 5.32 Å². The summed E-state index contributed by atoms with van der Waals surface area (Å²) in [7, 11) is 0. The van der Waals surface area contributed by atoms with Crippen molar-refractivity contribution >= 4 is 5.91 Å². The third-order valence-electron chi connectivity index (χ3n) is 4.18. The SMILES string of the molecule is CCCCCCC(=O)N1CC2CCC1CNC2. The van der Waals surface area contributed by atoms with E-state index in [1.54, 1.807) is 0 Å². The van der Waals surface area contributed by atoms with Crippen LogP contribution in [0.2, 0.25) is 0 Å². The van der Waals surface area contributed by atoms with Gasteiger partial charge in [0.15, 0.2) is 0 Å². The van der Waals surface area contributed by atoms with Crippen molar-refractivity contribution < 1.29 is 4.79 Å². The van der Waals surface area contributed by atoms with Gasteiger partial charge in [-0.1, -0.05) is 26.2 Å². The molecule has 0 aromatic carbocycles. The first-order valence-electron chi connectivity index (χ1n) is 7.31. The third kappa shape index (κ3) is 3.44. The molecule has 17 heavy (non-hydrogen) atoms. The van der Waals surface area contributed by atoms with Gasteiger partial charge in [-0.15, -0.1) is 0 Å². The van der Waals surface area contributed by atoms with Gasteiger partial charge in [0.05, 0.1) is 0 Å². The molecule has 2 atom stereocenters. The minimum atomic E-state index is 0.402. The summed E-state index contributed by atoms with van der Waals surface area (Å²) in [4.78, 5) is 14.4. The Morgan fingerprint density at radius 2 is 2.12 bits per heavy atom. The van der Waals surface area contributed by atoms with E-state index in [0.29, 0.717) is 17.9 Å². The Morgan fingerprint density at radius 1 is 1.24 bits per heavy atom. The summed E-state index contributed by atoms with van der Waals surface area (Å²) in [5.74, 6) is 1.10. The smallest absolute Gasteiger partial charge is 0.222 e. The fourth-order valence-corrected chi connectivity index (χ4v) is 3.09.